The van der Waals surface area contributed by atoms with Crippen molar-refractivity contribution in [1.29, 1.82) is 0 Å². The molecular formula is C11H15ClN2O2S. The molecule has 1 aliphatic rings. The third kappa shape index (κ3) is 3.40. The van der Waals surface area contributed by atoms with Crippen LogP contribution in [0.15, 0.2) is 24.5 Å². The Balaban J connectivity index is 2.13. The Morgan fingerprint density at radius 3 is 2.53 bits per heavy atom. The zero-order valence-electron chi connectivity index (χ0n) is 9.42. The Morgan fingerprint density at radius 1 is 1.35 bits per heavy atom. The minimum atomic E-state index is -3.23. The van der Waals surface area contributed by atoms with Crippen molar-refractivity contribution in [3.8, 4) is 0 Å². The minimum Gasteiger partial charge on any atom is -0.265 e. The van der Waals surface area contributed by atoms with Crippen molar-refractivity contribution in [3.05, 3.63) is 30.1 Å². The van der Waals surface area contributed by atoms with Gasteiger partial charge in [-0.2, -0.15) is 4.31 Å². The normalized spacial score (nSPS) is 16.4. The van der Waals surface area contributed by atoms with Gasteiger partial charge < -0.3 is 0 Å². The summed E-state index contributed by atoms with van der Waals surface area (Å²) in [6.07, 6.45) is 5.25. The molecule has 17 heavy (non-hydrogen) atoms. The van der Waals surface area contributed by atoms with E-state index in [0.717, 1.165) is 18.4 Å². The summed E-state index contributed by atoms with van der Waals surface area (Å²) in [4.78, 5) is 3.92. The van der Waals surface area contributed by atoms with Gasteiger partial charge >= 0.3 is 0 Å². The van der Waals surface area contributed by atoms with Gasteiger partial charge in [-0.25, -0.2) is 8.42 Å². The molecule has 0 aliphatic heterocycles. The Labute approximate surface area is 107 Å². The SMILES string of the molecule is O=S(=O)(CCCl)N(Cc1ccncc1)C1CC1. The van der Waals surface area contributed by atoms with E-state index in [1.807, 2.05) is 12.1 Å². The van der Waals surface area contributed by atoms with Gasteiger partial charge in [-0.3, -0.25) is 4.98 Å². The summed E-state index contributed by atoms with van der Waals surface area (Å²) in [5.74, 6) is 0.151. The van der Waals surface area contributed by atoms with Gasteiger partial charge in [0.1, 0.15) is 0 Å². The summed E-state index contributed by atoms with van der Waals surface area (Å²) in [6, 6.07) is 3.84. The van der Waals surface area contributed by atoms with E-state index in [-0.39, 0.29) is 17.7 Å². The second-order valence-corrected chi connectivity index (χ2v) is 6.56. The maximum Gasteiger partial charge on any atom is 0.215 e. The van der Waals surface area contributed by atoms with Crippen molar-refractivity contribution < 1.29 is 8.42 Å². The predicted molar refractivity (Wildman–Crippen MR) is 67.3 cm³/mol. The highest BCUT2D eigenvalue weighted by atomic mass is 35.5. The Kier molecular flexibility index (Phi) is 4.01. The minimum absolute atomic E-state index is 0.0101. The van der Waals surface area contributed by atoms with Gasteiger partial charge in [-0.15, -0.1) is 11.6 Å². The molecule has 0 aromatic carbocycles. The largest absolute Gasteiger partial charge is 0.265 e. The van der Waals surface area contributed by atoms with Gasteiger partial charge in [-0.05, 0) is 30.5 Å². The molecule has 1 fully saturated rings. The third-order valence-corrected chi connectivity index (χ3v) is 5.01. The molecule has 6 heteroatoms. The molecule has 0 atom stereocenters. The van der Waals surface area contributed by atoms with Crippen LogP contribution in [-0.2, 0) is 16.6 Å². The van der Waals surface area contributed by atoms with Crippen LogP contribution >= 0.6 is 11.6 Å². The monoisotopic (exact) mass is 274 g/mol. The molecule has 1 heterocycles. The number of sulfonamides is 1. The maximum atomic E-state index is 12.0. The molecule has 0 N–H and O–H groups in total. The molecule has 2 rings (SSSR count). The molecule has 0 saturated heterocycles. The smallest absolute Gasteiger partial charge is 0.215 e. The first kappa shape index (κ1) is 12.8. The molecule has 1 aromatic heterocycles. The number of nitrogens with zero attached hydrogens (tertiary/aromatic N) is 2. The number of alkyl halides is 1. The van der Waals surface area contributed by atoms with Gasteiger partial charge in [-0.1, -0.05) is 0 Å². The number of pyridine rings is 1. The first-order valence-corrected chi connectivity index (χ1v) is 7.72. The second kappa shape index (κ2) is 5.33. The fourth-order valence-corrected chi connectivity index (χ4v) is 3.73. The zero-order valence-corrected chi connectivity index (χ0v) is 11.0. The van der Waals surface area contributed by atoms with Crippen molar-refractivity contribution in [2.45, 2.75) is 25.4 Å². The summed E-state index contributed by atoms with van der Waals surface area (Å²) in [6.45, 7) is 0.423. The van der Waals surface area contributed by atoms with Crippen LogP contribution in [0.25, 0.3) is 0 Å². The zero-order chi connectivity index (χ0) is 12.3. The lowest BCUT2D eigenvalue weighted by molar-refractivity contribution is 0.399. The first-order valence-electron chi connectivity index (χ1n) is 5.58. The van der Waals surface area contributed by atoms with Gasteiger partial charge in [0.2, 0.25) is 10.0 Å². The van der Waals surface area contributed by atoms with E-state index in [1.165, 1.54) is 0 Å². The number of aromatic nitrogens is 1. The quantitative estimate of drug-likeness (QED) is 0.741. The number of rotatable bonds is 6. The molecule has 0 radical (unpaired) electrons. The first-order chi connectivity index (χ1) is 8.13. The number of hydrogen-bond acceptors (Lipinski definition) is 3. The fraction of sp³-hybridized carbons (Fsp3) is 0.545. The van der Waals surface area contributed by atoms with Crippen LogP contribution in [0.3, 0.4) is 0 Å². The lowest BCUT2D eigenvalue weighted by Crippen LogP contribution is -2.34. The van der Waals surface area contributed by atoms with Crippen LogP contribution < -0.4 is 0 Å². The fourth-order valence-electron chi connectivity index (χ4n) is 1.70. The Bertz CT molecular complexity index is 460. The lowest BCUT2D eigenvalue weighted by Gasteiger charge is -2.21. The van der Waals surface area contributed by atoms with Gasteiger partial charge in [0, 0.05) is 30.9 Å². The van der Waals surface area contributed by atoms with E-state index >= 15 is 0 Å². The average Bonchev–Trinajstić information content (AvgIpc) is 3.11. The van der Waals surface area contributed by atoms with Gasteiger partial charge in [0.25, 0.3) is 0 Å². The van der Waals surface area contributed by atoms with Crippen molar-refractivity contribution in [2.24, 2.45) is 0 Å². The van der Waals surface area contributed by atoms with Gasteiger partial charge in [0.05, 0.1) is 5.75 Å². The second-order valence-electron chi connectivity index (χ2n) is 4.14. The van der Waals surface area contributed by atoms with E-state index in [1.54, 1.807) is 16.7 Å². The number of hydrogen-bond donors (Lipinski definition) is 0. The van der Waals surface area contributed by atoms with Crippen molar-refractivity contribution in [2.75, 3.05) is 11.6 Å². The van der Waals surface area contributed by atoms with E-state index in [4.69, 9.17) is 11.6 Å². The Hall–Kier alpha value is -0.650. The summed E-state index contributed by atoms with van der Waals surface area (Å²) >= 11 is 5.54. The highest BCUT2D eigenvalue weighted by Gasteiger charge is 2.36. The van der Waals surface area contributed by atoms with Crippen LogP contribution in [0.4, 0.5) is 0 Å². The van der Waals surface area contributed by atoms with Crippen molar-refractivity contribution in [3.63, 3.8) is 0 Å². The van der Waals surface area contributed by atoms with Crippen LogP contribution in [0.2, 0.25) is 0 Å². The molecule has 0 amide bonds. The summed E-state index contributed by atoms with van der Waals surface area (Å²) in [7, 11) is -3.23. The van der Waals surface area contributed by atoms with Crippen LogP contribution in [0, 0.1) is 0 Å². The Morgan fingerprint density at radius 2 is 2.00 bits per heavy atom. The predicted octanol–water partition coefficient (Wildman–Crippen LogP) is 1.61. The molecule has 1 saturated carbocycles. The number of halogens is 1. The highest BCUT2D eigenvalue weighted by Crippen LogP contribution is 2.30. The standard InChI is InChI=1S/C11H15ClN2O2S/c12-5-8-17(15,16)14(11-1-2-11)9-10-3-6-13-7-4-10/h3-4,6-7,11H,1-2,5,8-9H2. The van der Waals surface area contributed by atoms with Crippen LogP contribution in [0.5, 0.6) is 0 Å². The van der Waals surface area contributed by atoms with Crippen LogP contribution in [-0.4, -0.2) is 35.4 Å². The molecule has 1 aliphatic carbocycles. The van der Waals surface area contributed by atoms with E-state index < -0.39 is 10.0 Å². The molecule has 94 valence electrons. The molecular weight excluding hydrogens is 260 g/mol. The topological polar surface area (TPSA) is 50.3 Å². The summed E-state index contributed by atoms with van der Waals surface area (Å²) < 4.78 is 25.7. The molecule has 0 unspecified atom stereocenters. The van der Waals surface area contributed by atoms with E-state index in [9.17, 15) is 8.42 Å². The lowest BCUT2D eigenvalue weighted by atomic mass is 10.3. The highest BCUT2D eigenvalue weighted by molar-refractivity contribution is 7.89. The van der Waals surface area contributed by atoms with E-state index in [0.29, 0.717) is 6.54 Å². The molecule has 0 bridgehead atoms. The third-order valence-electron chi connectivity index (χ3n) is 2.73. The molecule has 0 spiro atoms. The van der Waals surface area contributed by atoms with Crippen molar-refractivity contribution in [1.82, 2.24) is 9.29 Å². The summed E-state index contributed by atoms with van der Waals surface area (Å²) in [5.41, 5.74) is 0.963. The van der Waals surface area contributed by atoms with Crippen molar-refractivity contribution >= 4 is 21.6 Å². The summed E-state index contributed by atoms with van der Waals surface area (Å²) in [5, 5.41) is 0. The van der Waals surface area contributed by atoms with E-state index in [2.05, 4.69) is 4.98 Å². The molecule has 1 aromatic rings. The maximum absolute atomic E-state index is 12.0. The van der Waals surface area contributed by atoms with Crippen LogP contribution in [0.1, 0.15) is 18.4 Å². The average molecular weight is 275 g/mol. The van der Waals surface area contributed by atoms with Gasteiger partial charge in [0.15, 0.2) is 0 Å². The molecule has 4 nitrogen and oxygen atoms in total.